The van der Waals surface area contributed by atoms with Gasteiger partial charge < -0.3 is 20.0 Å². The maximum Gasteiger partial charge on any atom is 0.249 e. The van der Waals surface area contributed by atoms with Crippen molar-refractivity contribution in [1.29, 1.82) is 0 Å². The molecule has 256 valence electrons. The summed E-state index contributed by atoms with van der Waals surface area (Å²) in [6.45, 7) is 21.7. The standard InChI is InChI=1S/C36H63N5O4/c1-23(2)30(22-25(5)33(43)40-21-15-19-29(40)34(44)41-26(6)16-14-17-27(41)7)38(11)35(45)31(36(8,9)10)37-32(42)28-18-12-13-20-39(28)24(3)4/h22-24,26-31H,12-21H2,1-11H3,(H,37,42)/b25-22+/t26?,27?,28-,29+,30-,31-/m1/s1. The number of nitrogens with one attached hydrogen (secondary N) is 1. The molecule has 3 rings (SSSR count). The van der Waals surface area contributed by atoms with Crippen LogP contribution in [-0.4, -0.2) is 106 Å². The lowest BCUT2D eigenvalue weighted by Crippen LogP contribution is -2.60. The Hall–Kier alpha value is -2.42. The van der Waals surface area contributed by atoms with Gasteiger partial charge in [0.25, 0.3) is 0 Å². The molecule has 0 aromatic rings. The predicted molar refractivity (Wildman–Crippen MR) is 180 cm³/mol. The second kappa shape index (κ2) is 15.4. The summed E-state index contributed by atoms with van der Waals surface area (Å²) < 4.78 is 0. The summed E-state index contributed by atoms with van der Waals surface area (Å²) in [5.41, 5.74) is 0.0271. The Kier molecular flexibility index (Phi) is 12.7. The number of hydrogen-bond acceptors (Lipinski definition) is 5. The Morgan fingerprint density at radius 3 is 2.00 bits per heavy atom. The fourth-order valence-corrected chi connectivity index (χ4v) is 7.69. The van der Waals surface area contributed by atoms with Gasteiger partial charge in [0.2, 0.25) is 23.6 Å². The van der Waals surface area contributed by atoms with Gasteiger partial charge in [0, 0.05) is 37.3 Å². The van der Waals surface area contributed by atoms with Crippen molar-refractivity contribution in [2.75, 3.05) is 20.1 Å². The average molecular weight is 630 g/mol. The van der Waals surface area contributed by atoms with Crippen molar-refractivity contribution in [3.05, 3.63) is 11.6 Å². The van der Waals surface area contributed by atoms with Crippen LogP contribution < -0.4 is 5.32 Å². The molecule has 9 nitrogen and oxygen atoms in total. The van der Waals surface area contributed by atoms with Crippen LogP contribution in [-0.2, 0) is 19.2 Å². The van der Waals surface area contributed by atoms with Crippen LogP contribution in [0.25, 0.3) is 0 Å². The van der Waals surface area contributed by atoms with Crippen molar-refractivity contribution in [3.63, 3.8) is 0 Å². The Labute approximate surface area is 273 Å². The van der Waals surface area contributed by atoms with Crippen molar-refractivity contribution < 1.29 is 19.2 Å². The molecule has 4 amide bonds. The Balaban J connectivity index is 1.80. The van der Waals surface area contributed by atoms with E-state index in [1.807, 2.05) is 45.6 Å². The molecule has 3 heterocycles. The number of carbonyl (C=O) groups excluding carboxylic acids is 4. The number of nitrogens with zero attached hydrogens (tertiary/aromatic N) is 4. The number of carbonyl (C=O) groups is 4. The molecule has 3 saturated heterocycles. The molecular weight excluding hydrogens is 566 g/mol. The maximum absolute atomic E-state index is 14.2. The number of hydrogen-bond donors (Lipinski definition) is 1. The second-order valence-corrected chi connectivity index (χ2v) is 15.7. The van der Waals surface area contributed by atoms with Gasteiger partial charge in [-0.15, -0.1) is 0 Å². The van der Waals surface area contributed by atoms with Gasteiger partial charge in [-0.3, -0.25) is 24.1 Å². The first-order valence-electron chi connectivity index (χ1n) is 17.6. The van der Waals surface area contributed by atoms with Gasteiger partial charge >= 0.3 is 0 Å². The van der Waals surface area contributed by atoms with Crippen molar-refractivity contribution in [2.45, 2.75) is 163 Å². The highest BCUT2D eigenvalue weighted by atomic mass is 16.2. The summed E-state index contributed by atoms with van der Waals surface area (Å²) in [6, 6.07) is -1.14. The van der Waals surface area contributed by atoms with E-state index in [9.17, 15) is 19.2 Å². The SMILES string of the molecule is C/C(=C\[C@H](C(C)C)N(C)C(=O)[C@@H](NC(=O)[C@H]1CCCCN1C(C)C)C(C)(C)C)C(=O)N1CCC[C@H]1C(=O)N1C(C)CCCC1C. The molecule has 0 bridgehead atoms. The Morgan fingerprint density at radius 2 is 1.44 bits per heavy atom. The number of likely N-dealkylation sites (N-methyl/N-ethyl adjacent to an activating group) is 1. The maximum atomic E-state index is 14.2. The summed E-state index contributed by atoms with van der Waals surface area (Å²) in [5, 5.41) is 3.15. The molecule has 0 aromatic heterocycles. The summed E-state index contributed by atoms with van der Waals surface area (Å²) in [4.78, 5) is 63.1. The van der Waals surface area contributed by atoms with Gasteiger partial charge in [0.05, 0.1) is 12.1 Å². The topological polar surface area (TPSA) is 93.3 Å². The highest BCUT2D eigenvalue weighted by Crippen LogP contribution is 2.30. The minimum atomic E-state index is -0.717. The molecule has 0 aromatic carbocycles. The van der Waals surface area contributed by atoms with Gasteiger partial charge in [-0.1, -0.05) is 47.1 Å². The second-order valence-electron chi connectivity index (χ2n) is 15.7. The van der Waals surface area contributed by atoms with Gasteiger partial charge in [-0.2, -0.15) is 0 Å². The number of rotatable bonds is 9. The summed E-state index contributed by atoms with van der Waals surface area (Å²) in [5.74, 6) is -0.297. The number of amides is 4. The fourth-order valence-electron chi connectivity index (χ4n) is 7.69. The molecule has 0 saturated carbocycles. The lowest BCUT2D eigenvalue weighted by molar-refractivity contribution is -0.146. The van der Waals surface area contributed by atoms with E-state index in [4.69, 9.17) is 0 Å². The summed E-state index contributed by atoms with van der Waals surface area (Å²) in [7, 11) is 1.77. The van der Waals surface area contributed by atoms with Crippen LogP contribution in [0.15, 0.2) is 11.6 Å². The van der Waals surface area contributed by atoms with Gasteiger partial charge in [0.1, 0.15) is 12.1 Å². The minimum Gasteiger partial charge on any atom is -0.342 e. The first kappa shape index (κ1) is 37.0. The van der Waals surface area contributed by atoms with Crippen molar-refractivity contribution in [1.82, 2.24) is 24.9 Å². The van der Waals surface area contributed by atoms with Crippen LogP contribution >= 0.6 is 0 Å². The molecule has 0 aliphatic carbocycles. The molecule has 2 unspecified atom stereocenters. The predicted octanol–water partition coefficient (Wildman–Crippen LogP) is 4.99. The smallest absolute Gasteiger partial charge is 0.249 e. The zero-order valence-electron chi connectivity index (χ0n) is 30.2. The fraction of sp³-hybridized carbons (Fsp3) is 0.833. The van der Waals surface area contributed by atoms with Crippen molar-refractivity contribution in [2.24, 2.45) is 11.3 Å². The van der Waals surface area contributed by atoms with Crippen LogP contribution in [0.3, 0.4) is 0 Å². The summed E-state index contributed by atoms with van der Waals surface area (Å²) >= 11 is 0. The van der Waals surface area contributed by atoms with E-state index in [-0.39, 0.29) is 59.8 Å². The molecule has 1 N–H and O–H groups in total. The first-order valence-corrected chi connectivity index (χ1v) is 17.6. The zero-order chi connectivity index (χ0) is 33.8. The third-order valence-electron chi connectivity index (χ3n) is 10.4. The van der Waals surface area contributed by atoms with Crippen LogP contribution in [0.4, 0.5) is 0 Å². The Bertz CT molecular complexity index is 1090. The molecule has 6 atom stereocenters. The van der Waals surface area contributed by atoms with Gasteiger partial charge in [-0.25, -0.2) is 0 Å². The first-order chi connectivity index (χ1) is 21.0. The van der Waals surface area contributed by atoms with E-state index >= 15 is 0 Å². The number of piperidine rings is 2. The van der Waals surface area contributed by atoms with Gasteiger partial charge in [-0.05, 0) is 97.4 Å². The normalized spacial score (nSPS) is 26.6. The van der Waals surface area contributed by atoms with Crippen LogP contribution in [0.1, 0.15) is 121 Å². The zero-order valence-corrected chi connectivity index (χ0v) is 30.2. The van der Waals surface area contributed by atoms with E-state index < -0.39 is 17.5 Å². The highest BCUT2D eigenvalue weighted by molar-refractivity contribution is 5.97. The van der Waals surface area contributed by atoms with Gasteiger partial charge in [0.15, 0.2) is 0 Å². The number of likely N-dealkylation sites (tertiary alicyclic amines) is 3. The molecule has 0 radical (unpaired) electrons. The largest absolute Gasteiger partial charge is 0.342 e. The van der Waals surface area contributed by atoms with Crippen LogP contribution in [0, 0.1) is 11.3 Å². The molecular formula is C36H63N5O4. The molecule has 3 aliphatic heterocycles. The third-order valence-corrected chi connectivity index (χ3v) is 10.4. The van der Waals surface area contributed by atoms with E-state index in [1.54, 1.807) is 23.8 Å². The van der Waals surface area contributed by atoms with Crippen molar-refractivity contribution >= 4 is 23.6 Å². The molecule has 45 heavy (non-hydrogen) atoms. The molecule has 3 fully saturated rings. The van der Waals surface area contributed by atoms with Crippen LogP contribution in [0.2, 0.25) is 0 Å². The highest BCUT2D eigenvalue weighted by Gasteiger charge is 2.42. The monoisotopic (exact) mass is 629 g/mol. The third kappa shape index (κ3) is 8.69. The lowest BCUT2D eigenvalue weighted by atomic mass is 9.84. The quantitative estimate of drug-likeness (QED) is 0.363. The van der Waals surface area contributed by atoms with E-state index in [0.29, 0.717) is 18.5 Å². The van der Waals surface area contributed by atoms with E-state index in [2.05, 4.69) is 37.9 Å². The molecule has 0 spiro atoms. The molecule has 9 heteroatoms. The Morgan fingerprint density at radius 1 is 0.844 bits per heavy atom. The van der Waals surface area contributed by atoms with E-state index in [1.165, 1.54) is 0 Å². The summed E-state index contributed by atoms with van der Waals surface area (Å²) in [6.07, 6.45) is 9.37. The average Bonchev–Trinajstić information content (AvgIpc) is 3.46. The minimum absolute atomic E-state index is 0.0267. The van der Waals surface area contributed by atoms with Crippen molar-refractivity contribution in [3.8, 4) is 0 Å². The lowest BCUT2D eigenvalue weighted by Gasteiger charge is -2.42. The van der Waals surface area contributed by atoms with Crippen LogP contribution in [0.5, 0.6) is 0 Å². The van der Waals surface area contributed by atoms with E-state index in [0.717, 1.165) is 51.5 Å². The molecule has 3 aliphatic rings.